The molecule has 0 bridgehead atoms. The number of H-pyrrole nitrogens is 1. The van der Waals surface area contributed by atoms with Crippen LogP contribution in [-0.2, 0) is 18.3 Å². The van der Waals surface area contributed by atoms with E-state index in [2.05, 4.69) is 44.8 Å². The van der Waals surface area contributed by atoms with Gasteiger partial charge in [-0.2, -0.15) is 5.10 Å². The van der Waals surface area contributed by atoms with Crippen LogP contribution in [0.3, 0.4) is 0 Å². The van der Waals surface area contributed by atoms with Crippen LogP contribution >= 0.6 is 0 Å². The van der Waals surface area contributed by atoms with Gasteiger partial charge in [0.25, 0.3) is 0 Å². The van der Waals surface area contributed by atoms with E-state index in [4.69, 9.17) is 0 Å². The van der Waals surface area contributed by atoms with Gasteiger partial charge in [-0.1, -0.05) is 37.6 Å². The van der Waals surface area contributed by atoms with Crippen LogP contribution in [0.1, 0.15) is 48.5 Å². The van der Waals surface area contributed by atoms with Crippen molar-refractivity contribution in [1.82, 2.24) is 30.4 Å². The SMILES string of the molecule is CCC[C@H](C(=O)O)[C@H](Cc1ccc(-c2c(C)nn(C)c2C)cc1)c1nnn[nH]1. The first-order chi connectivity index (χ1) is 13.4. The Hall–Kier alpha value is -3.03. The van der Waals surface area contributed by atoms with Crippen molar-refractivity contribution in [3.05, 3.63) is 47.0 Å². The lowest BCUT2D eigenvalue weighted by Gasteiger charge is -2.21. The summed E-state index contributed by atoms with van der Waals surface area (Å²) in [5, 5.41) is 28.2. The van der Waals surface area contributed by atoms with E-state index in [0.29, 0.717) is 18.7 Å². The first-order valence-corrected chi connectivity index (χ1v) is 9.48. The minimum absolute atomic E-state index is 0.305. The number of aromatic nitrogens is 6. The van der Waals surface area contributed by atoms with Crippen LogP contribution in [0.25, 0.3) is 11.1 Å². The summed E-state index contributed by atoms with van der Waals surface area (Å²) < 4.78 is 1.88. The van der Waals surface area contributed by atoms with Crippen LogP contribution < -0.4 is 0 Å². The molecule has 0 fully saturated rings. The summed E-state index contributed by atoms with van der Waals surface area (Å²) in [6, 6.07) is 8.22. The minimum atomic E-state index is -0.818. The van der Waals surface area contributed by atoms with E-state index < -0.39 is 11.9 Å². The fourth-order valence-corrected chi connectivity index (χ4v) is 3.81. The van der Waals surface area contributed by atoms with Crippen molar-refractivity contribution in [3.8, 4) is 11.1 Å². The van der Waals surface area contributed by atoms with Gasteiger partial charge >= 0.3 is 5.97 Å². The van der Waals surface area contributed by atoms with Crippen LogP contribution in [0.2, 0.25) is 0 Å². The smallest absolute Gasteiger partial charge is 0.307 e. The number of nitrogens with one attached hydrogen (secondary N) is 1. The second-order valence-electron chi connectivity index (χ2n) is 7.20. The molecule has 0 saturated carbocycles. The number of benzene rings is 1. The molecule has 0 spiro atoms. The second kappa shape index (κ2) is 8.33. The largest absolute Gasteiger partial charge is 0.481 e. The maximum Gasteiger partial charge on any atom is 0.307 e. The lowest BCUT2D eigenvalue weighted by Crippen LogP contribution is -2.25. The van der Waals surface area contributed by atoms with Crippen LogP contribution in [0.5, 0.6) is 0 Å². The minimum Gasteiger partial charge on any atom is -0.481 e. The molecule has 8 nitrogen and oxygen atoms in total. The topological polar surface area (TPSA) is 110 Å². The molecule has 2 heterocycles. The van der Waals surface area contributed by atoms with Crippen molar-refractivity contribution in [1.29, 1.82) is 0 Å². The van der Waals surface area contributed by atoms with Crippen molar-refractivity contribution in [3.63, 3.8) is 0 Å². The zero-order valence-electron chi connectivity index (χ0n) is 16.7. The van der Waals surface area contributed by atoms with Gasteiger partial charge in [0.2, 0.25) is 0 Å². The van der Waals surface area contributed by atoms with Crippen LogP contribution in [0.4, 0.5) is 0 Å². The second-order valence-corrected chi connectivity index (χ2v) is 7.20. The number of rotatable bonds is 8. The summed E-state index contributed by atoms with van der Waals surface area (Å²) in [4.78, 5) is 11.8. The Morgan fingerprint density at radius 2 is 1.96 bits per heavy atom. The number of nitrogens with zero attached hydrogens (tertiary/aromatic N) is 5. The normalized spacial score (nSPS) is 13.4. The van der Waals surface area contributed by atoms with Gasteiger partial charge in [-0.05, 0) is 48.2 Å². The molecule has 0 aliphatic rings. The molecule has 0 aliphatic carbocycles. The number of carboxylic acid groups (broad SMARTS) is 1. The monoisotopic (exact) mass is 382 g/mol. The Bertz CT molecular complexity index is 931. The molecule has 3 aromatic rings. The highest BCUT2D eigenvalue weighted by molar-refractivity contribution is 5.71. The Labute approximate surface area is 164 Å². The van der Waals surface area contributed by atoms with Crippen LogP contribution in [0.15, 0.2) is 24.3 Å². The van der Waals surface area contributed by atoms with E-state index in [1.165, 1.54) is 0 Å². The highest BCUT2D eigenvalue weighted by Gasteiger charge is 2.31. The number of aryl methyl sites for hydroxylation is 2. The van der Waals surface area contributed by atoms with E-state index in [1.807, 2.05) is 37.7 Å². The quantitative estimate of drug-likeness (QED) is 0.620. The number of tetrazole rings is 1. The van der Waals surface area contributed by atoms with Gasteiger partial charge in [-0.15, -0.1) is 5.10 Å². The molecule has 0 amide bonds. The zero-order chi connectivity index (χ0) is 20.3. The Morgan fingerprint density at radius 1 is 1.25 bits per heavy atom. The molecule has 2 atom stereocenters. The van der Waals surface area contributed by atoms with Crippen molar-refractivity contribution in [2.45, 2.75) is 46.0 Å². The Morgan fingerprint density at radius 3 is 2.46 bits per heavy atom. The first kappa shape index (κ1) is 19.7. The Kier molecular flexibility index (Phi) is 5.87. The fourth-order valence-electron chi connectivity index (χ4n) is 3.81. The van der Waals surface area contributed by atoms with E-state index >= 15 is 0 Å². The van der Waals surface area contributed by atoms with Crippen LogP contribution in [0, 0.1) is 19.8 Å². The molecule has 0 aliphatic heterocycles. The van der Waals surface area contributed by atoms with Crippen molar-refractivity contribution < 1.29 is 9.90 Å². The molecule has 28 heavy (non-hydrogen) atoms. The summed E-state index contributed by atoms with van der Waals surface area (Å²) in [7, 11) is 1.94. The average Bonchev–Trinajstić information content (AvgIpc) is 3.27. The summed E-state index contributed by atoms with van der Waals surface area (Å²) in [5.41, 5.74) is 5.40. The van der Waals surface area contributed by atoms with Crippen LogP contribution in [-0.4, -0.2) is 41.5 Å². The molecule has 0 unspecified atom stereocenters. The molecule has 148 valence electrons. The molecule has 0 saturated heterocycles. The molecule has 2 aromatic heterocycles. The highest BCUT2D eigenvalue weighted by atomic mass is 16.4. The average molecular weight is 382 g/mol. The zero-order valence-corrected chi connectivity index (χ0v) is 16.7. The maximum absolute atomic E-state index is 11.8. The molecule has 3 rings (SSSR count). The first-order valence-electron chi connectivity index (χ1n) is 9.48. The van der Waals surface area contributed by atoms with E-state index in [1.54, 1.807) is 0 Å². The van der Waals surface area contributed by atoms with Crippen molar-refractivity contribution >= 4 is 5.97 Å². The molecule has 1 aromatic carbocycles. The summed E-state index contributed by atoms with van der Waals surface area (Å²) >= 11 is 0. The predicted molar refractivity (Wildman–Crippen MR) is 105 cm³/mol. The van der Waals surface area contributed by atoms with Gasteiger partial charge in [0, 0.05) is 24.2 Å². The molecular formula is C20H26N6O2. The number of hydrogen-bond donors (Lipinski definition) is 2. The van der Waals surface area contributed by atoms with Gasteiger partial charge in [0.15, 0.2) is 5.82 Å². The number of hydrogen-bond acceptors (Lipinski definition) is 5. The van der Waals surface area contributed by atoms with Crippen molar-refractivity contribution in [2.24, 2.45) is 13.0 Å². The Balaban J connectivity index is 1.88. The lowest BCUT2D eigenvalue weighted by atomic mass is 9.83. The van der Waals surface area contributed by atoms with E-state index in [9.17, 15) is 9.90 Å². The third-order valence-corrected chi connectivity index (χ3v) is 5.32. The summed E-state index contributed by atoms with van der Waals surface area (Å²) in [6.07, 6.45) is 1.92. The summed E-state index contributed by atoms with van der Waals surface area (Å²) in [5.74, 6) is -1.15. The van der Waals surface area contributed by atoms with Gasteiger partial charge in [-0.3, -0.25) is 9.48 Å². The highest BCUT2D eigenvalue weighted by Crippen LogP contribution is 2.31. The lowest BCUT2D eigenvalue weighted by molar-refractivity contribution is -0.142. The third kappa shape index (κ3) is 3.95. The fraction of sp³-hybridized carbons (Fsp3) is 0.450. The van der Waals surface area contributed by atoms with E-state index in [-0.39, 0.29) is 5.92 Å². The van der Waals surface area contributed by atoms with Crippen molar-refractivity contribution in [2.75, 3.05) is 0 Å². The number of aliphatic carboxylic acids is 1. The molecule has 0 radical (unpaired) electrons. The molecule has 2 N–H and O–H groups in total. The maximum atomic E-state index is 11.8. The molecule has 8 heteroatoms. The summed E-state index contributed by atoms with van der Waals surface area (Å²) in [6.45, 7) is 6.04. The molecular weight excluding hydrogens is 356 g/mol. The number of carbonyl (C=O) groups is 1. The van der Waals surface area contributed by atoms with Gasteiger partial charge in [-0.25, -0.2) is 5.10 Å². The van der Waals surface area contributed by atoms with Gasteiger partial charge in [0.1, 0.15) is 0 Å². The number of aromatic amines is 1. The third-order valence-electron chi connectivity index (χ3n) is 5.32. The number of carboxylic acids is 1. The predicted octanol–water partition coefficient (Wildman–Crippen LogP) is 3.04. The standard InChI is InChI=1S/C20H26N6O2/c1-5-6-16(20(27)28)17(19-21-24-25-22-19)11-14-7-9-15(10-8-14)18-12(2)23-26(4)13(18)3/h7-10,16-17H,5-6,11H2,1-4H3,(H,27,28)(H,21,22,24,25)/t16-,17-/m0/s1. The van der Waals surface area contributed by atoms with Gasteiger partial charge in [0.05, 0.1) is 11.6 Å². The van der Waals surface area contributed by atoms with E-state index in [0.717, 1.165) is 34.5 Å². The van der Waals surface area contributed by atoms with Gasteiger partial charge < -0.3 is 5.11 Å².